The van der Waals surface area contributed by atoms with Crippen molar-refractivity contribution in [3.63, 3.8) is 0 Å². The summed E-state index contributed by atoms with van der Waals surface area (Å²) in [5.41, 5.74) is 2.13. The van der Waals surface area contributed by atoms with Gasteiger partial charge in [0.25, 0.3) is 0 Å². The second-order valence-corrected chi connectivity index (χ2v) is 6.94. The smallest absolute Gasteiger partial charge is 0.337 e. The van der Waals surface area contributed by atoms with E-state index in [-0.39, 0.29) is 5.91 Å². The average Bonchev–Trinajstić information content (AvgIpc) is 3.22. The molecule has 0 aliphatic rings. The van der Waals surface area contributed by atoms with Gasteiger partial charge in [-0.1, -0.05) is 28.1 Å². The van der Waals surface area contributed by atoms with Gasteiger partial charge in [-0.05, 0) is 54.1 Å². The fourth-order valence-corrected chi connectivity index (χ4v) is 2.69. The highest BCUT2D eigenvalue weighted by Gasteiger charge is 2.18. The van der Waals surface area contributed by atoms with Crippen molar-refractivity contribution >= 4 is 27.8 Å². The number of carbonyl (C=O) groups is 2. The Bertz CT molecular complexity index is 970. The number of nitrogens with zero attached hydrogens (tertiary/aromatic N) is 4. The lowest BCUT2D eigenvalue weighted by Gasteiger charge is -2.11. The van der Waals surface area contributed by atoms with E-state index in [1.807, 2.05) is 24.3 Å². The number of methoxy groups -OCH3 is 1. The van der Waals surface area contributed by atoms with E-state index in [1.165, 1.54) is 11.9 Å². The van der Waals surface area contributed by atoms with Gasteiger partial charge in [0.15, 0.2) is 0 Å². The Balaban J connectivity index is 1.60. The molecule has 0 aliphatic carbocycles. The van der Waals surface area contributed by atoms with Gasteiger partial charge in [-0.2, -0.15) is 4.80 Å². The highest BCUT2D eigenvalue weighted by molar-refractivity contribution is 9.10. The number of rotatable bonds is 6. The number of hydrogen-bond acceptors (Lipinski definition) is 6. The number of nitrogens with one attached hydrogen (secondary N) is 1. The van der Waals surface area contributed by atoms with Crippen LogP contribution in [0.15, 0.2) is 53.0 Å². The molecular formula is C19H18BrN5O3. The second kappa shape index (κ2) is 8.75. The van der Waals surface area contributed by atoms with Gasteiger partial charge < -0.3 is 10.1 Å². The van der Waals surface area contributed by atoms with Gasteiger partial charge in [-0.15, -0.1) is 10.2 Å². The summed E-state index contributed by atoms with van der Waals surface area (Å²) < 4.78 is 5.62. The van der Waals surface area contributed by atoms with Crippen LogP contribution < -0.4 is 5.32 Å². The third kappa shape index (κ3) is 4.61. The number of hydrogen-bond donors (Lipinski definition) is 1. The molecule has 0 fully saturated rings. The highest BCUT2D eigenvalue weighted by atomic mass is 79.9. The molecule has 0 radical (unpaired) electrons. The molecule has 28 heavy (non-hydrogen) atoms. The molecule has 144 valence electrons. The predicted molar refractivity (Wildman–Crippen MR) is 105 cm³/mol. The van der Waals surface area contributed by atoms with Crippen LogP contribution in [0.4, 0.5) is 0 Å². The molecule has 8 nitrogen and oxygen atoms in total. The maximum atomic E-state index is 12.4. The molecule has 0 aliphatic heterocycles. The molecule has 1 unspecified atom stereocenters. The summed E-state index contributed by atoms with van der Waals surface area (Å²) in [5.74, 6) is -0.189. The van der Waals surface area contributed by atoms with Crippen LogP contribution in [0.1, 0.15) is 28.9 Å². The first kappa shape index (κ1) is 19.7. The number of esters is 1. The Morgan fingerprint density at radius 1 is 1.14 bits per heavy atom. The summed E-state index contributed by atoms with van der Waals surface area (Å²) in [6.45, 7) is 2.02. The van der Waals surface area contributed by atoms with Crippen LogP contribution in [0.2, 0.25) is 0 Å². The molecule has 1 atom stereocenters. The summed E-state index contributed by atoms with van der Waals surface area (Å²) in [7, 11) is 1.33. The second-order valence-electron chi connectivity index (χ2n) is 6.02. The predicted octanol–water partition coefficient (Wildman–Crippen LogP) is 2.77. The largest absolute Gasteiger partial charge is 0.465 e. The normalized spacial score (nSPS) is 11.7. The van der Waals surface area contributed by atoms with Crippen molar-refractivity contribution in [1.82, 2.24) is 25.5 Å². The van der Waals surface area contributed by atoms with E-state index in [9.17, 15) is 9.59 Å². The fourth-order valence-electron chi connectivity index (χ4n) is 2.42. The van der Waals surface area contributed by atoms with Gasteiger partial charge in [0.1, 0.15) is 6.04 Å². The fraction of sp³-hybridized carbons (Fsp3) is 0.211. The minimum atomic E-state index is -0.619. The van der Waals surface area contributed by atoms with Gasteiger partial charge in [0.05, 0.1) is 12.7 Å². The third-order valence-electron chi connectivity index (χ3n) is 4.10. The summed E-state index contributed by atoms with van der Waals surface area (Å²) in [6.07, 6.45) is 0. The molecule has 2 aromatic carbocycles. The molecule has 0 spiro atoms. The molecule has 9 heteroatoms. The van der Waals surface area contributed by atoms with Crippen molar-refractivity contribution < 1.29 is 14.3 Å². The Labute approximate surface area is 170 Å². The number of benzene rings is 2. The van der Waals surface area contributed by atoms with E-state index >= 15 is 0 Å². The van der Waals surface area contributed by atoms with Gasteiger partial charge in [0.2, 0.25) is 11.7 Å². The van der Waals surface area contributed by atoms with E-state index in [0.717, 1.165) is 15.6 Å². The van der Waals surface area contributed by atoms with Gasteiger partial charge in [0, 0.05) is 16.6 Å². The van der Waals surface area contributed by atoms with E-state index < -0.39 is 12.0 Å². The Morgan fingerprint density at radius 2 is 1.82 bits per heavy atom. The molecule has 1 heterocycles. The van der Waals surface area contributed by atoms with Crippen LogP contribution in [-0.4, -0.2) is 39.2 Å². The zero-order valence-corrected chi connectivity index (χ0v) is 16.9. The third-order valence-corrected chi connectivity index (χ3v) is 4.63. The Hall–Kier alpha value is -3.07. The van der Waals surface area contributed by atoms with Crippen LogP contribution in [0.5, 0.6) is 0 Å². The lowest BCUT2D eigenvalue weighted by atomic mass is 10.1. The van der Waals surface area contributed by atoms with Crippen LogP contribution in [0.25, 0.3) is 11.4 Å². The number of carbonyl (C=O) groups excluding carboxylic acids is 2. The van der Waals surface area contributed by atoms with Crippen molar-refractivity contribution in [1.29, 1.82) is 0 Å². The van der Waals surface area contributed by atoms with Gasteiger partial charge >= 0.3 is 5.97 Å². The standard InChI is InChI=1S/C19H18BrN5O3/c1-12(25-23-17(22-24-25)14-7-9-16(20)10-8-14)18(26)21-11-13-3-5-15(6-4-13)19(27)28-2/h3-10,12H,11H2,1-2H3,(H,21,26). The molecule has 3 rings (SSSR count). The van der Waals surface area contributed by atoms with Crippen molar-refractivity contribution in [2.75, 3.05) is 7.11 Å². The quantitative estimate of drug-likeness (QED) is 0.588. The van der Waals surface area contributed by atoms with E-state index in [0.29, 0.717) is 17.9 Å². The molecule has 1 aromatic heterocycles. The minimum Gasteiger partial charge on any atom is -0.465 e. The Kier molecular flexibility index (Phi) is 6.15. The zero-order valence-electron chi connectivity index (χ0n) is 15.3. The maximum absolute atomic E-state index is 12.4. The minimum absolute atomic E-state index is 0.239. The summed E-state index contributed by atoms with van der Waals surface area (Å²) in [6, 6.07) is 13.7. The van der Waals surface area contributed by atoms with Crippen molar-refractivity contribution in [3.8, 4) is 11.4 Å². The highest BCUT2D eigenvalue weighted by Crippen LogP contribution is 2.18. The Morgan fingerprint density at radius 3 is 2.46 bits per heavy atom. The van der Waals surface area contributed by atoms with Crippen molar-refractivity contribution in [2.24, 2.45) is 0 Å². The first-order chi connectivity index (χ1) is 13.5. The zero-order chi connectivity index (χ0) is 20.1. The summed E-state index contributed by atoms with van der Waals surface area (Å²) in [4.78, 5) is 25.1. The number of tetrazole rings is 1. The van der Waals surface area contributed by atoms with Crippen LogP contribution in [-0.2, 0) is 16.1 Å². The number of aromatic nitrogens is 4. The number of halogens is 1. The molecular weight excluding hydrogens is 426 g/mol. The summed E-state index contributed by atoms with van der Waals surface area (Å²) in [5, 5.41) is 15.1. The van der Waals surface area contributed by atoms with Crippen LogP contribution in [0.3, 0.4) is 0 Å². The molecule has 0 saturated carbocycles. The van der Waals surface area contributed by atoms with Gasteiger partial charge in [-0.25, -0.2) is 4.79 Å². The van der Waals surface area contributed by atoms with E-state index in [4.69, 9.17) is 0 Å². The van der Waals surface area contributed by atoms with Crippen molar-refractivity contribution in [2.45, 2.75) is 19.5 Å². The summed E-state index contributed by atoms with van der Waals surface area (Å²) >= 11 is 3.38. The molecule has 1 N–H and O–H groups in total. The first-order valence-corrected chi connectivity index (χ1v) is 9.27. The molecule has 0 bridgehead atoms. The first-order valence-electron chi connectivity index (χ1n) is 8.48. The monoisotopic (exact) mass is 443 g/mol. The molecule has 0 saturated heterocycles. The molecule has 1 amide bonds. The lowest BCUT2D eigenvalue weighted by Crippen LogP contribution is -2.31. The number of amides is 1. The SMILES string of the molecule is COC(=O)c1ccc(CNC(=O)C(C)n2nnc(-c3ccc(Br)cc3)n2)cc1. The lowest BCUT2D eigenvalue weighted by molar-refractivity contribution is -0.124. The van der Waals surface area contributed by atoms with Crippen LogP contribution in [0, 0.1) is 0 Å². The maximum Gasteiger partial charge on any atom is 0.337 e. The average molecular weight is 444 g/mol. The van der Waals surface area contributed by atoms with E-state index in [2.05, 4.69) is 41.4 Å². The topological polar surface area (TPSA) is 99.0 Å². The van der Waals surface area contributed by atoms with E-state index in [1.54, 1.807) is 31.2 Å². The van der Waals surface area contributed by atoms with Crippen molar-refractivity contribution in [3.05, 3.63) is 64.1 Å². The molecule has 3 aromatic rings. The van der Waals surface area contributed by atoms with Gasteiger partial charge in [-0.3, -0.25) is 4.79 Å². The van der Waals surface area contributed by atoms with Crippen LogP contribution >= 0.6 is 15.9 Å². The number of ether oxygens (including phenoxy) is 1.